The summed E-state index contributed by atoms with van der Waals surface area (Å²) in [7, 11) is 1.68. The highest BCUT2D eigenvalue weighted by atomic mass is 16.7. The van der Waals surface area contributed by atoms with Crippen molar-refractivity contribution in [2.24, 2.45) is 0 Å². The fraction of sp³-hybridized carbons (Fsp3) is 0.714. The Balaban J connectivity index is 2.33. The van der Waals surface area contributed by atoms with Crippen molar-refractivity contribution in [3.05, 3.63) is 17.6 Å². The molecule has 2 heterocycles. The summed E-state index contributed by atoms with van der Waals surface area (Å²) in [4.78, 5) is 14.9. The van der Waals surface area contributed by atoms with E-state index in [0.717, 1.165) is 43.3 Å². The zero-order valence-electron chi connectivity index (χ0n) is 12.3. The maximum atomic E-state index is 5.67. The van der Waals surface area contributed by atoms with Crippen molar-refractivity contribution < 1.29 is 9.57 Å². The van der Waals surface area contributed by atoms with Gasteiger partial charge in [0, 0.05) is 25.1 Å². The zero-order chi connectivity index (χ0) is 13.9. The van der Waals surface area contributed by atoms with Crippen LogP contribution in [0.2, 0.25) is 0 Å². The molecule has 19 heavy (non-hydrogen) atoms. The molecule has 0 radical (unpaired) electrons. The molecule has 0 aromatic carbocycles. The van der Waals surface area contributed by atoms with Gasteiger partial charge in [0.2, 0.25) is 0 Å². The van der Waals surface area contributed by atoms with E-state index in [1.54, 1.807) is 7.11 Å². The van der Waals surface area contributed by atoms with Crippen molar-refractivity contribution in [2.45, 2.75) is 45.6 Å². The van der Waals surface area contributed by atoms with Gasteiger partial charge in [0.1, 0.15) is 5.82 Å². The number of anilines is 1. The van der Waals surface area contributed by atoms with Crippen molar-refractivity contribution in [3.8, 4) is 0 Å². The lowest BCUT2D eigenvalue weighted by Gasteiger charge is -2.28. The predicted octanol–water partition coefficient (Wildman–Crippen LogP) is 2.45. The molecule has 1 saturated heterocycles. The molecule has 0 bridgehead atoms. The molecule has 1 aliphatic heterocycles. The number of methoxy groups -OCH3 is 1. The Bertz CT molecular complexity index is 423. The van der Waals surface area contributed by atoms with E-state index in [1.165, 1.54) is 0 Å². The van der Waals surface area contributed by atoms with Gasteiger partial charge >= 0.3 is 0 Å². The predicted molar refractivity (Wildman–Crippen MR) is 74.0 cm³/mol. The first-order valence-electron chi connectivity index (χ1n) is 6.78. The zero-order valence-corrected chi connectivity index (χ0v) is 12.3. The summed E-state index contributed by atoms with van der Waals surface area (Å²) in [6.45, 7) is 8.47. The molecule has 0 saturated carbocycles. The molecule has 0 aliphatic carbocycles. The lowest BCUT2D eigenvalue weighted by atomic mass is 9.95. The maximum Gasteiger partial charge on any atom is 0.156 e. The van der Waals surface area contributed by atoms with Crippen LogP contribution < -0.4 is 5.06 Å². The first kappa shape index (κ1) is 14.2. The van der Waals surface area contributed by atoms with Crippen LogP contribution in [0.15, 0.2) is 6.07 Å². The van der Waals surface area contributed by atoms with E-state index in [4.69, 9.17) is 9.57 Å². The fourth-order valence-electron chi connectivity index (χ4n) is 1.95. The molecule has 0 atom stereocenters. The van der Waals surface area contributed by atoms with E-state index in [1.807, 2.05) is 11.1 Å². The van der Waals surface area contributed by atoms with E-state index in [0.29, 0.717) is 6.61 Å². The summed E-state index contributed by atoms with van der Waals surface area (Å²) < 4.78 is 5.19. The quantitative estimate of drug-likeness (QED) is 0.840. The molecule has 106 valence electrons. The number of aromatic nitrogens is 2. The average Bonchev–Trinajstić information content (AvgIpc) is 2.39. The molecule has 1 aromatic rings. The summed E-state index contributed by atoms with van der Waals surface area (Å²) >= 11 is 0. The van der Waals surface area contributed by atoms with Gasteiger partial charge in [0.25, 0.3) is 0 Å². The smallest absolute Gasteiger partial charge is 0.156 e. The van der Waals surface area contributed by atoms with Crippen LogP contribution >= 0.6 is 0 Å². The van der Waals surface area contributed by atoms with Crippen LogP contribution in [0.1, 0.15) is 45.1 Å². The molecule has 0 N–H and O–H groups in total. The Morgan fingerprint density at radius 3 is 2.68 bits per heavy atom. The second-order valence-corrected chi connectivity index (χ2v) is 5.87. The van der Waals surface area contributed by atoms with Crippen molar-refractivity contribution >= 4 is 5.82 Å². The average molecular weight is 265 g/mol. The van der Waals surface area contributed by atoms with Crippen molar-refractivity contribution in [2.75, 3.05) is 25.3 Å². The van der Waals surface area contributed by atoms with E-state index in [-0.39, 0.29) is 5.41 Å². The van der Waals surface area contributed by atoms with Gasteiger partial charge in [-0.15, -0.1) is 0 Å². The molecule has 1 aliphatic rings. The molecule has 5 nitrogen and oxygen atoms in total. The normalized spacial score (nSPS) is 16.7. The van der Waals surface area contributed by atoms with Gasteiger partial charge in [0.15, 0.2) is 5.82 Å². The first-order valence-corrected chi connectivity index (χ1v) is 6.78. The Morgan fingerprint density at radius 1 is 1.32 bits per heavy atom. The minimum atomic E-state index is -0.0890. The van der Waals surface area contributed by atoms with E-state index < -0.39 is 0 Å². The van der Waals surface area contributed by atoms with Crippen LogP contribution in [0.25, 0.3) is 0 Å². The SMILES string of the molecule is COCc1cc(N2CCCCO2)nc(C(C)(C)C)n1. The summed E-state index contributed by atoms with van der Waals surface area (Å²) in [6.07, 6.45) is 2.24. The Labute approximate surface area is 114 Å². The number of nitrogens with zero attached hydrogens (tertiary/aromatic N) is 3. The molecule has 1 fully saturated rings. The van der Waals surface area contributed by atoms with E-state index in [9.17, 15) is 0 Å². The highest BCUT2D eigenvalue weighted by Crippen LogP contribution is 2.24. The minimum Gasteiger partial charge on any atom is -0.378 e. The number of hydroxylamine groups is 1. The highest BCUT2D eigenvalue weighted by Gasteiger charge is 2.22. The van der Waals surface area contributed by atoms with Gasteiger partial charge in [-0.25, -0.2) is 15.0 Å². The van der Waals surface area contributed by atoms with Crippen LogP contribution in [-0.2, 0) is 21.6 Å². The molecular formula is C14H23N3O2. The molecule has 1 aromatic heterocycles. The standard InChI is InChI=1S/C14H23N3O2/c1-14(2,3)13-15-11(10-18-4)9-12(16-13)17-7-5-6-8-19-17/h9H,5-8,10H2,1-4H3. The number of hydrogen-bond donors (Lipinski definition) is 0. The summed E-state index contributed by atoms with van der Waals surface area (Å²) in [5, 5.41) is 1.87. The summed E-state index contributed by atoms with van der Waals surface area (Å²) in [5.41, 5.74) is 0.806. The van der Waals surface area contributed by atoms with Gasteiger partial charge < -0.3 is 4.74 Å². The lowest BCUT2D eigenvalue weighted by molar-refractivity contribution is 0.0757. The van der Waals surface area contributed by atoms with Crippen molar-refractivity contribution in [3.63, 3.8) is 0 Å². The molecule has 0 unspecified atom stereocenters. The lowest BCUT2D eigenvalue weighted by Crippen LogP contribution is -2.31. The van der Waals surface area contributed by atoms with Crippen LogP contribution in [0.3, 0.4) is 0 Å². The third-order valence-corrected chi connectivity index (χ3v) is 2.99. The number of rotatable bonds is 3. The van der Waals surface area contributed by atoms with Gasteiger partial charge in [-0.3, -0.25) is 4.84 Å². The third kappa shape index (κ3) is 3.64. The molecule has 5 heteroatoms. The second kappa shape index (κ2) is 5.84. The number of hydrogen-bond acceptors (Lipinski definition) is 5. The van der Waals surface area contributed by atoms with Crippen LogP contribution in [0.5, 0.6) is 0 Å². The van der Waals surface area contributed by atoms with Crippen LogP contribution in [0.4, 0.5) is 5.82 Å². The largest absolute Gasteiger partial charge is 0.378 e. The fourth-order valence-corrected chi connectivity index (χ4v) is 1.95. The third-order valence-electron chi connectivity index (χ3n) is 2.99. The topological polar surface area (TPSA) is 47.5 Å². The first-order chi connectivity index (χ1) is 9.00. The van der Waals surface area contributed by atoms with Gasteiger partial charge in [-0.2, -0.15) is 0 Å². The summed E-state index contributed by atoms with van der Waals surface area (Å²) in [6, 6.07) is 1.95. The Hall–Kier alpha value is -1.20. The summed E-state index contributed by atoms with van der Waals surface area (Å²) in [5.74, 6) is 1.66. The molecular weight excluding hydrogens is 242 g/mol. The highest BCUT2D eigenvalue weighted by molar-refractivity contribution is 5.38. The second-order valence-electron chi connectivity index (χ2n) is 5.87. The molecule has 0 spiro atoms. The Kier molecular flexibility index (Phi) is 4.37. The van der Waals surface area contributed by atoms with Gasteiger partial charge in [-0.1, -0.05) is 20.8 Å². The van der Waals surface area contributed by atoms with Crippen molar-refractivity contribution in [1.82, 2.24) is 9.97 Å². The van der Waals surface area contributed by atoms with E-state index >= 15 is 0 Å². The molecule has 2 rings (SSSR count). The van der Waals surface area contributed by atoms with Crippen LogP contribution in [-0.4, -0.2) is 30.2 Å². The van der Waals surface area contributed by atoms with Gasteiger partial charge in [-0.05, 0) is 12.8 Å². The van der Waals surface area contributed by atoms with Gasteiger partial charge in [0.05, 0.1) is 18.9 Å². The number of ether oxygens (including phenoxy) is 1. The maximum absolute atomic E-state index is 5.67. The Morgan fingerprint density at radius 2 is 2.11 bits per heavy atom. The van der Waals surface area contributed by atoms with Crippen LogP contribution in [0, 0.1) is 0 Å². The monoisotopic (exact) mass is 265 g/mol. The van der Waals surface area contributed by atoms with Crippen molar-refractivity contribution in [1.29, 1.82) is 0 Å². The van der Waals surface area contributed by atoms with E-state index in [2.05, 4.69) is 30.7 Å². The molecule has 0 amide bonds. The minimum absolute atomic E-state index is 0.0890.